The number of rotatable bonds is 14. The lowest BCUT2D eigenvalue weighted by Gasteiger charge is -2.42. The SMILES string of the molecule is C=C[Si](C)(C)O[Si](C)(C)O[Si](C)(C)O[Si](C)(C)O[Si](C)(C)O[Si](OC)(OC)OC. The van der Waals surface area contributed by atoms with Gasteiger partial charge in [-0.25, -0.2) is 0 Å². The molecule has 0 atom stereocenters. The van der Waals surface area contributed by atoms with Crippen molar-refractivity contribution in [2.75, 3.05) is 21.3 Å². The lowest BCUT2D eigenvalue weighted by Crippen LogP contribution is -2.61. The lowest BCUT2D eigenvalue weighted by molar-refractivity contribution is 0.0404. The van der Waals surface area contributed by atoms with Gasteiger partial charge in [0, 0.05) is 21.3 Å². The highest BCUT2D eigenvalue weighted by molar-refractivity contribution is 6.91. The third kappa shape index (κ3) is 11.2. The Morgan fingerprint density at radius 3 is 1.03 bits per heavy atom. The van der Waals surface area contributed by atoms with E-state index in [4.69, 9.17) is 33.9 Å². The van der Waals surface area contributed by atoms with E-state index in [9.17, 15) is 0 Å². The molecule has 0 unspecified atom stereocenters. The summed E-state index contributed by atoms with van der Waals surface area (Å²) in [5.41, 5.74) is 1.92. The van der Waals surface area contributed by atoms with Crippen LogP contribution < -0.4 is 0 Å². The molecule has 8 nitrogen and oxygen atoms in total. The smallest absolute Gasteiger partial charge is 0.433 e. The van der Waals surface area contributed by atoms with E-state index in [0.29, 0.717) is 0 Å². The van der Waals surface area contributed by atoms with Gasteiger partial charge in [-0.05, 0) is 65.5 Å². The molecule has 0 saturated heterocycles. The number of hydrogen-bond acceptors (Lipinski definition) is 8. The van der Waals surface area contributed by atoms with Crippen molar-refractivity contribution in [2.24, 2.45) is 0 Å². The highest BCUT2D eigenvalue weighted by Gasteiger charge is 2.52. The Labute approximate surface area is 184 Å². The van der Waals surface area contributed by atoms with E-state index in [1.807, 2.05) is 45.0 Å². The third-order valence-corrected chi connectivity index (χ3v) is 24.9. The Morgan fingerprint density at radius 1 is 0.483 bits per heavy atom. The molecular formula is C15H42O8Si6. The molecule has 0 bridgehead atoms. The van der Waals surface area contributed by atoms with E-state index in [0.717, 1.165) is 0 Å². The van der Waals surface area contributed by atoms with Gasteiger partial charge in [0.25, 0.3) is 0 Å². The van der Waals surface area contributed by atoms with E-state index >= 15 is 0 Å². The van der Waals surface area contributed by atoms with E-state index in [1.165, 1.54) is 21.3 Å². The van der Waals surface area contributed by atoms with E-state index in [-0.39, 0.29) is 0 Å². The van der Waals surface area contributed by atoms with Crippen molar-refractivity contribution in [2.45, 2.75) is 65.5 Å². The van der Waals surface area contributed by atoms with Gasteiger partial charge in [0.05, 0.1) is 0 Å². The molecule has 0 heterocycles. The highest BCUT2D eigenvalue weighted by Crippen LogP contribution is 2.27. The maximum Gasteiger partial charge on any atom is 0.669 e. The molecule has 0 aromatic heterocycles. The zero-order valence-electron chi connectivity index (χ0n) is 20.6. The molecule has 29 heavy (non-hydrogen) atoms. The summed E-state index contributed by atoms with van der Waals surface area (Å²) in [5.74, 6) is 0. The second-order valence-electron chi connectivity index (χ2n) is 9.03. The van der Waals surface area contributed by atoms with Gasteiger partial charge in [-0.1, -0.05) is 5.70 Å². The van der Waals surface area contributed by atoms with E-state index < -0.39 is 51.6 Å². The van der Waals surface area contributed by atoms with Gasteiger partial charge in [-0.3, -0.25) is 0 Å². The van der Waals surface area contributed by atoms with Crippen LogP contribution in [-0.4, -0.2) is 72.9 Å². The molecule has 0 aliphatic rings. The van der Waals surface area contributed by atoms with Crippen LogP contribution in [0.3, 0.4) is 0 Å². The second-order valence-corrected chi connectivity index (χ2v) is 30.2. The summed E-state index contributed by atoms with van der Waals surface area (Å²) in [7, 11) is -10.8. The van der Waals surface area contributed by atoms with Crippen LogP contribution in [0.5, 0.6) is 0 Å². The fourth-order valence-electron chi connectivity index (χ4n) is 3.21. The first kappa shape index (κ1) is 29.7. The van der Waals surface area contributed by atoms with Crippen LogP contribution >= 0.6 is 0 Å². The van der Waals surface area contributed by atoms with Crippen LogP contribution in [0.15, 0.2) is 12.3 Å². The van der Waals surface area contributed by atoms with Crippen LogP contribution in [0.4, 0.5) is 0 Å². The van der Waals surface area contributed by atoms with Crippen molar-refractivity contribution in [1.29, 1.82) is 0 Å². The zero-order valence-corrected chi connectivity index (χ0v) is 26.6. The highest BCUT2D eigenvalue weighted by atomic mass is 28.5. The summed E-state index contributed by atoms with van der Waals surface area (Å²) < 4.78 is 47.9. The van der Waals surface area contributed by atoms with Crippen molar-refractivity contribution in [3.05, 3.63) is 12.3 Å². The van der Waals surface area contributed by atoms with E-state index in [2.05, 4.69) is 32.8 Å². The van der Waals surface area contributed by atoms with Gasteiger partial charge >= 0.3 is 43.3 Å². The normalized spacial score (nSPS) is 14.9. The van der Waals surface area contributed by atoms with Gasteiger partial charge in [-0.15, -0.1) is 6.58 Å². The zero-order chi connectivity index (χ0) is 23.4. The average molecular weight is 519 g/mol. The predicted molar refractivity (Wildman–Crippen MR) is 130 cm³/mol. The molecule has 0 spiro atoms. The minimum atomic E-state index is -3.21. The molecule has 0 aliphatic carbocycles. The summed E-state index contributed by atoms with van der Waals surface area (Å²) >= 11 is 0. The first-order chi connectivity index (χ1) is 12.8. The van der Waals surface area contributed by atoms with Crippen LogP contribution in [-0.2, 0) is 33.9 Å². The van der Waals surface area contributed by atoms with Gasteiger partial charge < -0.3 is 33.9 Å². The summed E-state index contributed by atoms with van der Waals surface area (Å²) in [4.78, 5) is 0. The largest absolute Gasteiger partial charge is 0.669 e. The lowest BCUT2D eigenvalue weighted by atomic mass is 11.3. The Hall–Kier alpha value is 0.721. The molecule has 0 N–H and O–H groups in total. The Bertz CT molecular complexity index is 529. The summed E-state index contributed by atoms with van der Waals surface area (Å²) in [6, 6.07) is 0. The summed E-state index contributed by atoms with van der Waals surface area (Å²) in [6.07, 6.45) is 0. The van der Waals surface area contributed by atoms with Gasteiger partial charge in [-0.2, -0.15) is 0 Å². The van der Waals surface area contributed by atoms with Gasteiger partial charge in [0.2, 0.25) is 0 Å². The maximum atomic E-state index is 6.49. The van der Waals surface area contributed by atoms with Crippen molar-refractivity contribution in [3.8, 4) is 0 Å². The van der Waals surface area contributed by atoms with Gasteiger partial charge in [0.1, 0.15) is 0 Å². The first-order valence-corrected chi connectivity index (χ1v) is 25.5. The Morgan fingerprint density at radius 2 is 0.759 bits per heavy atom. The van der Waals surface area contributed by atoms with Gasteiger partial charge in [0.15, 0.2) is 8.32 Å². The second kappa shape index (κ2) is 10.6. The van der Waals surface area contributed by atoms with Crippen molar-refractivity contribution in [1.82, 2.24) is 0 Å². The number of hydrogen-bond donors (Lipinski definition) is 0. The predicted octanol–water partition coefficient (Wildman–Crippen LogP) is 4.18. The molecule has 0 radical (unpaired) electrons. The minimum Gasteiger partial charge on any atom is -0.433 e. The van der Waals surface area contributed by atoms with Crippen molar-refractivity contribution < 1.29 is 33.9 Å². The first-order valence-electron chi connectivity index (χ1n) is 9.58. The van der Waals surface area contributed by atoms with Crippen LogP contribution in [0.1, 0.15) is 0 Å². The summed E-state index contributed by atoms with van der Waals surface area (Å²) in [5, 5.41) is 0. The third-order valence-electron chi connectivity index (χ3n) is 3.60. The van der Waals surface area contributed by atoms with Crippen LogP contribution in [0.2, 0.25) is 65.5 Å². The standard InChI is InChI=1S/C15H42O8Si6/c1-15-24(5,6)19-25(7,8)20-26(9,10)21-27(11,12)22-28(13,14)23-29(16-2,17-3)18-4/h15H,1H2,2-14H3. The van der Waals surface area contributed by atoms with Crippen molar-refractivity contribution >= 4 is 51.6 Å². The minimum absolute atomic E-state index is 1.51. The fourth-order valence-corrected chi connectivity index (χ4v) is 28.9. The van der Waals surface area contributed by atoms with E-state index in [1.54, 1.807) is 0 Å². The molecule has 0 rings (SSSR count). The topological polar surface area (TPSA) is 73.8 Å². The summed E-state index contributed by atoms with van der Waals surface area (Å²) in [6.45, 7) is 24.1. The molecule has 0 saturated carbocycles. The quantitative estimate of drug-likeness (QED) is 0.317. The average Bonchev–Trinajstić information content (AvgIpc) is 2.47. The molecule has 0 aromatic rings. The molecule has 0 fully saturated rings. The monoisotopic (exact) mass is 518 g/mol. The Balaban J connectivity index is 5.24. The molecule has 14 heteroatoms. The fraction of sp³-hybridized carbons (Fsp3) is 0.867. The maximum absolute atomic E-state index is 6.49. The van der Waals surface area contributed by atoms with Crippen LogP contribution in [0, 0.1) is 0 Å². The molecule has 0 amide bonds. The molecule has 174 valence electrons. The molecular weight excluding hydrogens is 477 g/mol. The van der Waals surface area contributed by atoms with Crippen molar-refractivity contribution in [3.63, 3.8) is 0 Å². The Kier molecular flexibility index (Phi) is 10.8. The molecule has 0 aliphatic heterocycles. The molecule has 0 aromatic carbocycles. The van der Waals surface area contributed by atoms with Crippen LogP contribution in [0.25, 0.3) is 0 Å².